The summed E-state index contributed by atoms with van der Waals surface area (Å²) < 4.78 is 11.6. The molecule has 0 spiro atoms. The van der Waals surface area contributed by atoms with Crippen LogP contribution in [0.4, 0.5) is 5.82 Å². The third-order valence-electron chi connectivity index (χ3n) is 2.94. The zero-order chi connectivity index (χ0) is 17.5. The number of carbonyl (C=O) groups is 2. The van der Waals surface area contributed by atoms with Gasteiger partial charge in [-0.1, -0.05) is 11.6 Å². The smallest absolute Gasteiger partial charge is 0.327 e. The fourth-order valence-electron chi connectivity index (χ4n) is 1.95. The Balaban J connectivity index is 1.93. The molecule has 0 radical (unpaired) electrons. The van der Waals surface area contributed by atoms with Crippen LogP contribution in [0.15, 0.2) is 30.3 Å². The van der Waals surface area contributed by atoms with Crippen LogP contribution in [0, 0.1) is 6.92 Å². The number of hydrogen-bond donors (Lipinski definition) is 1. The van der Waals surface area contributed by atoms with Gasteiger partial charge in [0.05, 0.1) is 12.3 Å². The number of nitrogens with one attached hydrogen (secondary N) is 1. The lowest BCUT2D eigenvalue weighted by molar-refractivity contribution is -0.144. The average Bonchev–Trinajstić information content (AvgIpc) is 2.86. The minimum atomic E-state index is -0.423. The molecule has 1 N–H and O–H groups in total. The van der Waals surface area contributed by atoms with Gasteiger partial charge in [-0.3, -0.25) is 9.59 Å². The molecule has 0 fully saturated rings. The molecule has 1 heterocycles. The van der Waals surface area contributed by atoms with E-state index in [1.165, 1.54) is 4.68 Å². The molecule has 0 saturated heterocycles. The van der Waals surface area contributed by atoms with Crippen molar-refractivity contribution in [2.24, 2.45) is 0 Å². The van der Waals surface area contributed by atoms with Crippen LogP contribution < -0.4 is 10.1 Å². The second kappa shape index (κ2) is 8.35. The SMILES string of the molecule is CCOC(=O)Cn1nc(C)cc1NC(=O)COc1ccc(Cl)cc1. The zero-order valence-electron chi connectivity index (χ0n) is 13.4. The van der Waals surface area contributed by atoms with Crippen molar-refractivity contribution in [3.63, 3.8) is 0 Å². The summed E-state index contributed by atoms with van der Waals surface area (Å²) in [5, 5.41) is 7.41. The van der Waals surface area contributed by atoms with Crippen molar-refractivity contribution < 1.29 is 19.1 Å². The van der Waals surface area contributed by atoms with Gasteiger partial charge in [0.2, 0.25) is 0 Å². The maximum atomic E-state index is 12.0. The molecule has 1 amide bonds. The molecule has 0 aliphatic carbocycles. The molecule has 0 aliphatic heterocycles. The standard InChI is InChI=1S/C16H18ClN3O4/c1-3-23-16(22)9-20-14(8-11(2)19-20)18-15(21)10-24-13-6-4-12(17)5-7-13/h4-8H,3,9-10H2,1-2H3,(H,18,21). The first kappa shape index (κ1) is 17.8. The maximum Gasteiger partial charge on any atom is 0.327 e. The van der Waals surface area contributed by atoms with E-state index in [0.29, 0.717) is 22.3 Å². The van der Waals surface area contributed by atoms with Gasteiger partial charge in [-0.25, -0.2) is 4.68 Å². The number of anilines is 1. The minimum absolute atomic E-state index is 0.0741. The summed E-state index contributed by atoms with van der Waals surface area (Å²) in [6.07, 6.45) is 0. The van der Waals surface area contributed by atoms with E-state index in [9.17, 15) is 9.59 Å². The highest BCUT2D eigenvalue weighted by Crippen LogP contribution is 2.16. The number of aryl methyl sites for hydroxylation is 1. The third kappa shape index (κ3) is 5.27. The molecule has 0 unspecified atom stereocenters. The number of halogens is 1. The number of nitrogens with zero attached hydrogens (tertiary/aromatic N) is 2. The fourth-order valence-corrected chi connectivity index (χ4v) is 2.08. The number of aromatic nitrogens is 2. The molecule has 0 atom stereocenters. The van der Waals surface area contributed by atoms with Crippen LogP contribution in [-0.2, 0) is 20.9 Å². The number of esters is 1. The minimum Gasteiger partial charge on any atom is -0.484 e. The van der Waals surface area contributed by atoms with E-state index in [1.807, 2.05) is 0 Å². The number of hydrogen-bond acceptors (Lipinski definition) is 5. The monoisotopic (exact) mass is 351 g/mol. The molecule has 0 saturated carbocycles. The van der Waals surface area contributed by atoms with Crippen LogP contribution in [0.25, 0.3) is 0 Å². The Labute approximate surface area is 144 Å². The molecule has 1 aromatic carbocycles. The summed E-state index contributed by atoms with van der Waals surface area (Å²) in [7, 11) is 0. The Morgan fingerprint density at radius 3 is 2.67 bits per heavy atom. The van der Waals surface area contributed by atoms with E-state index in [0.717, 1.165) is 0 Å². The van der Waals surface area contributed by atoms with Crippen LogP contribution in [0.5, 0.6) is 5.75 Å². The number of ether oxygens (including phenoxy) is 2. The van der Waals surface area contributed by atoms with Gasteiger partial charge < -0.3 is 14.8 Å². The second-order valence-corrected chi connectivity index (χ2v) is 5.36. The summed E-state index contributed by atoms with van der Waals surface area (Å²) in [6, 6.07) is 8.36. The first-order valence-corrected chi connectivity index (χ1v) is 7.74. The lowest BCUT2D eigenvalue weighted by atomic mass is 10.3. The molecule has 1 aromatic heterocycles. The Kier molecular flexibility index (Phi) is 6.20. The first-order valence-electron chi connectivity index (χ1n) is 7.36. The van der Waals surface area contributed by atoms with E-state index in [-0.39, 0.29) is 25.7 Å². The quantitative estimate of drug-likeness (QED) is 0.775. The highest BCUT2D eigenvalue weighted by Gasteiger charge is 2.13. The Morgan fingerprint density at radius 2 is 2.00 bits per heavy atom. The summed E-state index contributed by atoms with van der Waals surface area (Å²) in [6.45, 7) is 3.53. The maximum absolute atomic E-state index is 12.0. The zero-order valence-corrected chi connectivity index (χ0v) is 14.2. The highest BCUT2D eigenvalue weighted by molar-refractivity contribution is 6.30. The van der Waals surface area contributed by atoms with Crippen molar-refractivity contribution in [3.05, 3.63) is 41.0 Å². The third-order valence-corrected chi connectivity index (χ3v) is 3.19. The van der Waals surface area contributed by atoms with E-state index >= 15 is 0 Å². The van der Waals surface area contributed by atoms with Crippen LogP contribution in [0.3, 0.4) is 0 Å². The molecular formula is C16H18ClN3O4. The van der Waals surface area contributed by atoms with Gasteiger partial charge in [-0.2, -0.15) is 5.10 Å². The van der Waals surface area contributed by atoms with Gasteiger partial charge in [0, 0.05) is 11.1 Å². The Morgan fingerprint density at radius 1 is 1.29 bits per heavy atom. The van der Waals surface area contributed by atoms with Crippen molar-refractivity contribution in [3.8, 4) is 5.75 Å². The topological polar surface area (TPSA) is 82.5 Å². The van der Waals surface area contributed by atoms with Crippen LogP contribution in [0.2, 0.25) is 5.02 Å². The van der Waals surface area contributed by atoms with E-state index < -0.39 is 5.97 Å². The van der Waals surface area contributed by atoms with E-state index in [4.69, 9.17) is 21.1 Å². The van der Waals surface area contributed by atoms with Crippen molar-refractivity contribution in [2.45, 2.75) is 20.4 Å². The molecule has 2 aromatic rings. The largest absolute Gasteiger partial charge is 0.484 e. The number of amides is 1. The molecule has 128 valence electrons. The van der Waals surface area contributed by atoms with Crippen molar-refractivity contribution in [1.29, 1.82) is 0 Å². The predicted molar refractivity (Wildman–Crippen MR) is 89.2 cm³/mol. The van der Waals surface area contributed by atoms with Crippen molar-refractivity contribution in [1.82, 2.24) is 9.78 Å². The normalized spacial score (nSPS) is 10.3. The van der Waals surface area contributed by atoms with Gasteiger partial charge in [0.15, 0.2) is 6.61 Å². The lowest BCUT2D eigenvalue weighted by Gasteiger charge is -2.09. The van der Waals surface area contributed by atoms with Crippen LogP contribution in [-0.4, -0.2) is 34.9 Å². The van der Waals surface area contributed by atoms with Gasteiger partial charge in [0.25, 0.3) is 5.91 Å². The predicted octanol–water partition coefficient (Wildman–Crippen LogP) is 2.43. The lowest BCUT2D eigenvalue weighted by Crippen LogP contribution is -2.23. The highest BCUT2D eigenvalue weighted by atomic mass is 35.5. The summed E-state index contributed by atoms with van der Waals surface area (Å²) in [5.74, 6) is 0.152. The van der Waals surface area contributed by atoms with Gasteiger partial charge in [0.1, 0.15) is 18.1 Å². The Hall–Kier alpha value is -2.54. The fraction of sp³-hybridized carbons (Fsp3) is 0.312. The van der Waals surface area contributed by atoms with Crippen LogP contribution in [0.1, 0.15) is 12.6 Å². The van der Waals surface area contributed by atoms with Crippen molar-refractivity contribution >= 4 is 29.3 Å². The molecule has 7 nitrogen and oxygen atoms in total. The molecule has 2 rings (SSSR count). The summed E-state index contributed by atoms with van der Waals surface area (Å²) in [5.41, 5.74) is 0.674. The molecule has 24 heavy (non-hydrogen) atoms. The number of rotatable bonds is 7. The molecule has 8 heteroatoms. The average molecular weight is 352 g/mol. The molecular weight excluding hydrogens is 334 g/mol. The van der Waals surface area contributed by atoms with Crippen LogP contribution >= 0.6 is 11.6 Å². The summed E-state index contributed by atoms with van der Waals surface area (Å²) >= 11 is 5.78. The number of benzene rings is 1. The van der Waals surface area contributed by atoms with Crippen molar-refractivity contribution in [2.75, 3.05) is 18.5 Å². The van der Waals surface area contributed by atoms with Gasteiger partial charge >= 0.3 is 5.97 Å². The summed E-state index contributed by atoms with van der Waals surface area (Å²) in [4.78, 5) is 23.6. The molecule has 0 bridgehead atoms. The van der Waals surface area contributed by atoms with Gasteiger partial charge in [-0.05, 0) is 38.1 Å². The van der Waals surface area contributed by atoms with E-state index in [1.54, 1.807) is 44.2 Å². The van der Waals surface area contributed by atoms with E-state index in [2.05, 4.69) is 10.4 Å². The number of carbonyl (C=O) groups excluding carboxylic acids is 2. The second-order valence-electron chi connectivity index (χ2n) is 4.92. The molecule has 0 aliphatic rings. The first-order chi connectivity index (χ1) is 11.5. The van der Waals surface area contributed by atoms with Gasteiger partial charge in [-0.15, -0.1) is 0 Å². The Bertz CT molecular complexity index is 713.